The van der Waals surface area contributed by atoms with E-state index in [2.05, 4.69) is 49.9 Å². The summed E-state index contributed by atoms with van der Waals surface area (Å²) in [6.45, 7) is 2.07. The monoisotopic (exact) mass is 551 g/mol. The van der Waals surface area contributed by atoms with E-state index in [9.17, 15) is 9.59 Å². The van der Waals surface area contributed by atoms with Crippen LogP contribution in [0.25, 0.3) is 10.9 Å². The van der Waals surface area contributed by atoms with Crippen LogP contribution < -0.4 is 10.0 Å². The average molecular weight is 552 g/mol. The van der Waals surface area contributed by atoms with Crippen LogP contribution in [0, 0.1) is 5.92 Å². The van der Waals surface area contributed by atoms with Crippen molar-refractivity contribution in [3.63, 3.8) is 0 Å². The minimum absolute atomic E-state index is 0.107. The number of rotatable bonds is 8. The summed E-state index contributed by atoms with van der Waals surface area (Å²) in [7, 11) is 7.85. The minimum Gasteiger partial charge on any atom is -0.355 e. The van der Waals surface area contributed by atoms with Crippen molar-refractivity contribution >= 4 is 34.9 Å². The smallest absolute Gasteiger partial charge is 0.262 e. The second-order valence-corrected chi connectivity index (χ2v) is 12.4. The number of hydrogen-bond acceptors (Lipinski definition) is 5. The van der Waals surface area contributed by atoms with Crippen LogP contribution in [0.2, 0.25) is 0 Å². The maximum absolute atomic E-state index is 13.5. The lowest BCUT2D eigenvalue weighted by atomic mass is 9.82. The van der Waals surface area contributed by atoms with E-state index in [-0.39, 0.29) is 17.7 Å². The number of carbonyl (C=O) groups excluding carboxylic acids is 2. The highest BCUT2D eigenvalue weighted by Crippen LogP contribution is 2.41. The summed E-state index contributed by atoms with van der Waals surface area (Å²) in [6.07, 6.45) is 17.3. The molecule has 4 rings (SSSR count). The lowest BCUT2D eigenvalue weighted by molar-refractivity contribution is -0.125. The van der Waals surface area contributed by atoms with Gasteiger partial charge in [0.15, 0.2) is 0 Å². The molecule has 2 N–H and O–H groups in total. The van der Waals surface area contributed by atoms with Gasteiger partial charge >= 0.3 is 0 Å². The van der Waals surface area contributed by atoms with Gasteiger partial charge in [0.25, 0.3) is 5.91 Å². The van der Waals surface area contributed by atoms with E-state index in [1.807, 2.05) is 44.6 Å². The molecule has 1 atom stereocenters. The van der Waals surface area contributed by atoms with Crippen LogP contribution in [-0.4, -0.2) is 66.9 Å². The molecule has 0 bridgehead atoms. The fourth-order valence-corrected chi connectivity index (χ4v) is 6.22. The third-order valence-corrected chi connectivity index (χ3v) is 8.46. The Hall–Kier alpha value is -2.55. The van der Waals surface area contributed by atoms with Crippen molar-refractivity contribution in [2.75, 3.05) is 41.3 Å². The number of hydrogen-bond donors (Lipinski definition) is 2. The molecule has 1 aliphatic carbocycles. The Kier molecular flexibility index (Phi) is 10.7. The molecule has 2 aliphatic rings. The molecule has 1 aromatic carbocycles. The summed E-state index contributed by atoms with van der Waals surface area (Å²) in [6, 6.07) is 6.15. The van der Waals surface area contributed by atoms with Crippen molar-refractivity contribution in [1.82, 2.24) is 23.8 Å². The number of nitrogens with one attached hydrogen (secondary N) is 2. The van der Waals surface area contributed by atoms with Gasteiger partial charge in [-0.2, -0.15) is 0 Å². The summed E-state index contributed by atoms with van der Waals surface area (Å²) in [5.74, 6) is 0.373. The first-order chi connectivity index (χ1) is 18.8. The molecule has 1 aromatic heterocycles. The molecule has 1 saturated carbocycles. The third kappa shape index (κ3) is 7.77. The molecule has 0 spiro atoms. The Labute approximate surface area is 238 Å². The van der Waals surface area contributed by atoms with Crippen LogP contribution >= 0.6 is 12.1 Å². The normalized spacial score (nSPS) is 20.4. The van der Waals surface area contributed by atoms with Gasteiger partial charge in [-0.05, 0) is 77.5 Å². The van der Waals surface area contributed by atoms with Gasteiger partial charge in [0.2, 0.25) is 5.91 Å². The first-order valence-corrected chi connectivity index (χ1v) is 15.2. The van der Waals surface area contributed by atoms with Crippen molar-refractivity contribution in [3.05, 3.63) is 59.3 Å². The summed E-state index contributed by atoms with van der Waals surface area (Å²) >= 11 is 1.28. The molecule has 1 fully saturated rings. The number of fused-ring (bicyclic) bond motifs is 3. The van der Waals surface area contributed by atoms with E-state index in [1.54, 1.807) is 0 Å². The molecule has 2 heterocycles. The number of aromatic nitrogens is 1. The van der Waals surface area contributed by atoms with Gasteiger partial charge in [-0.3, -0.25) is 14.3 Å². The zero-order valence-corrected chi connectivity index (χ0v) is 24.9. The van der Waals surface area contributed by atoms with Crippen LogP contribution in [0.15, 0.2) is 42.5 Å². The molecule has 0 radical (unpaired) electrons. The van der Waals surface area contributed by atoms with E-state index in [1.165, 1.54) is 60.9 Å². The maximum Gasteiger partial charge on any atom is 0.262 e. The number of carbonyl (C=O) groups is 2. The van der Waals surface area contributed by atoms with Gasteiger partial charge in [-0.1, -0.05) is 49.6 Å². The zero-order chi connectivity index (χ0) is 27.8. The fourth-order valence-electron chi connectivity index (χ4n) is 5.84. The van der Waals surface area contributed by atoms with Crippen LogP contribution in [0.4, 0.5) is 0 Å². The third-order valence-electron chi connectivity index (χ3n) is 7.82. The van der Waals surface area contributed by atoms with Gasteiger partial charge < -0.3 is 14.8 Å². The van der Waals surface area contributed by atoms with Crippen molar-refractivity contribution < 1.29 is 9.59 Å². The summed E-state index contributed by atoms with van der Waals surface area (Å²) in [5, 5.41) is 4.42. The summed E-state index contributed by atoms with van der Waals surface area (Å²) in [5.41, 5.74) is 4.44. The highest BCUT2D eigenvalue weighted by Gasteiger charge is 2.28. The summed E-state index contributed by atoms with van der Waals surface area (Å²) < 4.78 is 7.17. The maximum atomic E-state index is 13.5. The molecule has 2 aromatic rings. The quantitative estimate of drug-likeness (QED) is 0.437. The molecule has 212 valence electrons. The molecule has 1 unspecified atom stereocenters. The first kappa shape index (κ1) is 29.4. The van der Waals surface area contributed by atoms with E-state index in [4.69, 9.17) is 0 Å². The van der Waals surface area contributed by atoms with Crippen molar-refractivity contribution in [3.8, 4) is 0 Å². The van der Waals surface area contributed by atoms with Gasteiger partial charge in [-0.15, -0.1) is 0 Å². The number of likely N-dealkylation sites (N-methyl/N-ethyl adjacent to an activating group) is 1. The number of nitrogens with zero attached hydrogens (tertiary/aromatic N) is 3. The van der Waals surface area contributed by atoms with Gasteiger partial charge in [0, 0.05) is 60.3 Å². The lowest BCUT2D eigenvalue weighted by Gasteiger charge is -2.24. The van der Waals surface area contributed by atoms with Crippen molar-refractivity contribution in [1.29, 1.82) is 0 Å². The summed E-state index contributed by atoms with van der Waals surface area (Å²) in [4.78, 5) is 28.6. The highest BCUT2D eigenvalue weighted by atomic mass is 32.2. The predicted octanol–water partition coefficient (Wildman–Crippen LogP) is 5.29. The fraction of sp³-hybridized carbons (Fsp3) is 0.548. The second-order valence-electron chi connectivity index (χ2n) is 11.3. The number of amides is 2. The number of benzene rings is 1. The van der Waals surface area contributed by atoms with Gasteiger partial charge in [0.1, 0.15) is 0 Å². The Balaban J connectivity index is 1.79. The highest BCUT2D eigenvalue weighted by molar-refractivity contribution is 7.95. The molecule has 39 heavy (non-hydrogen) atoms. The second kappa shape index (κ2) is 14.2. The first-order valence-electron chi connectivity index (χ1n) is 14.4. The molecule has 2 amide bonds. The average Bonchev–Trinajstić information content (AvgIpc) is 3.20. The van der Waals surface area contributed by atoms with Crippen molar-refractivity contribution in [2.45, 2.75) is 63.8 Å². The Bertz CT molecular complexity index is 1190. The standard InChI is InChI=1S/C31H45N5O2S/c1-34(2)20-19-32-30(37)25-15-9-6-5-7-12-16-27-29(23-13-10-8-11-14-23)26-18-17-24(21-28(26)36(27)22-25)31(38)33-39-35(3)4/h5-7,12,17-18,21,23,25H,8-11,13-16,19-20,22H2,1-4H3,(H,32,37)(H,33,38)/b6-5-,12-7-. The number of allylic oxidation sites excluding steroid dienone is 4. The molecular formula is C31H45N5O2S. The molecule has 8 heteroatoms. The van der Waals surface area contributed by atoms with Crippen LogP contribution in [0.5, 0.6) is 0 Å². The van der Waals surface area contributed by atoms with Crippen LogP contribution in [-0.2, 0) is 17.8 Å². The van der Waals surface area contributed by atoms with E-state index in [0.717, 1.165) is 31.3 Å². The van der Waals surface area contributed by atoms with E-state index in [0.29, 0.717) is 24.6 Å². The Morgan fingerprint density at radius 2 is 1.79 bits per heavy atom. The minimum atomic E-state index is -0.148. The predicted molar refractivity (Wildman–Crippen MR) is 163 cm³/mol. The molecule has 0 saturated heterocycles. The van der Waals surface area contributed by atoms with E-state index >= 15 is 0 Å². The molecular weight excluding hydrogens is 506 g/mol. The topological polar surface area (TPSA) is 69.6 Å². The Morgan fingerprint density at radius 1 is 1.03 bits per heavy atom. The van der Waals surface area contributed by atoms with E-state index < -0.39 is 0 Å². The molecule has 1 aliphatic heterocycles. The largest absolute Gasteiger partial charge is 0.355 e. The Morgan fingerprint density at radius 3 is 2.54 bits per heavy atom. The van der Waals surface area contributed by atoms with Gasteiger partial charge in [-0.25, -0.2) is 4.31 Å². The lowest BCUT2D eigenvalue weighted by Crippen LogP contribution is -2.37. The van der Waals surface area contributed by atoms with Crippen molar-refractivity contribution in [2.24, 2.45) is 5.92 Å². The molecule has 7 nitrogen and oxygen atoms in total. The van der Waals surface area contributed by atoms with Crippen LogP contribution in [0.1, 0.15) is 72.5 Å². The van der Waals surface area contributed by atoms with Gasteiger partial charge in [0.05, 0.1) is 5.92 Å². The zero-order valence-electron chi connectivity index (χ0n) is 24.0. The van der Waals surface area contributed by atoms with Crippen LogP contribution in [0.3, 0.4) is 0 Å². The SMILES string of the molecule is CN(C)CCNC(=O)C1CC/C=C\C=C/Cc2c(C3CCCCC3)c3ccc(C(=O)NSN(C)C)cc3n2C1.